The Hall–Kier alpha value is -3.61. The molecule has 2 aromatic carbocycles. The standard InChI is InChI=1S/C19H17N3O4/c1-22-11-16(18(23)24)17(21-22)14-7-9-15(10-8-14)20-19(25)26-12-13-5-3-2-4-6-13/h2-11H,12H2,1H3,(H,20,25)(H,23,24). The van der Waals surface area contributed by atoms with Crippen molar-refractivity contribution in [3.05, 3.63) is 71.9 Å². The van der Waals surface area contributed by atoms with Crippen LogP contribution in [-0.4, -0.2) is 26.9 Å². The van der Waals surface area contributed by atoms with Gasteiger partial charge in [-0.2, -0.15) is 5.10 Å². The zero-order valence-corrected chi connectivity index (χ0v) is 14.0. The molecule has 3 rings (SSSR count). The van der Waals surface area contributed by atoms with Crippen LogP contribution in [0.5, 0.6) is 0 Å². The van der Waals surface area contributed by atoms with Gasteiger partial charge in [-0.3, -0.25) is 10.00 Å². The Morgan fingerprint density at radius 2 is 1.81 bits per heavy atom. The predicted octanol–water partition coefficient (Wildman–Crippen LogP) is 3.53. The van der Waals surface area contributed by atoms with Crippen LogP contribution in [0.15, 0.2) is 60.8 Å². The van der Waals surface area contributed by atoms with Crippen LogP contribution < -0.4 is 5.32 Å². The third kappa shape index (κ3) is 4.07. The number of nitrogens with zero attached hydrogens (tertiary/aromatic N) is 2. The van der Waals surface area contributed by atoms with E-state index in [-0.39, 0.29) is 12.2 Å². The van der Waals surface area contributed by atoms with Crippen LogP contribution in [0.3, 0.4) is 0 Å². The van der Waals surface area contributed by atoms with Crippen molar-refractivity contribution >= 4 is 17.7 Å². The second-order valence-electron chi connectivity index (χ2n) is 5.63. The van der Waals surface area contributed by atoms with Crippen LogP contribution >= 0.6 is 0 Å². The Bertz CT molecular complexity index is 918. The van der Waals surface area contributed by atoms with Crippen molar-refractivity contribution in [2.24, 2.45) is 7.05 Å². The Balaban J connectivity index is 1.64. The highest BCUT2D eigenvalue weighted by Gasteiger charge is 2.16. The second kappa shape index (κ2) is 7.52. The van der Waals surface area contributed by atoms with Crippen molar-refractivity contribution in [1.82, 2.24) is 9.78 Å². The SMILES string of the molecule is Cn1cc(C(=O)O)c(-c2ccc(NC(=O)OCc3ccccc3)cc2)n1. The molecule has 7 heteroatoms. The molecule has 1 heterocycles. The molecule has 0 radical (unpaired) electrons. The van der Waals surface area contributed by atoms with E-state index in [1.165, 1.54) is 10.9 Å². The third-order valence-electron chi connectivity index (χ3n) is 3.68. The number of amides is 1. The van der Waals surface area contributed by atoms with E-state index in [2.05, 4.69) is 10.4 Å². The highest BCUT2D eigenvalue weighted by atomic mass is 16.5. The fourth-order valence-corrected chi connectivity index (χ4v) is 2.45. The number of ether oxygens (including phenoxy) is 1. The number of carbonyl (C=O) groups excluding carboxylic acids is 1. The van der Waals surface area contributed by atoms with E-state index in [1.54, 1.807) is 31.3 Å². The smallest absolute Gasteiger partial charge is 0.411 e. The number of hydrogen-bond donors (Lipinski definition) is 2. The molecule has 3 aromatic rings. The van der Waals surface area contributed by atoms with Gasteiger partial charge in [-0.15, -0.1) is 0 Å². The summed E-state index contributed by atoms with van der Waals surface area (Å²) in [6.07, 6.45) is 0.885. The second-order valence-corrected chi connectivity index (χ2v) is 5.63. The van der Waals surface area contributed by atoms with Crippen molar-refractivity contribution in [3.63, 3.8) is 0 Å². The maximum absolute atomic E-state index is 11.9. The lowest BCUT2D eigenvalue weighted by atomic mass is 10.1. The summed E-state index contributed by atoms with van der Waals surface area (Å²) in [5.74, 6) is -1.04. The van der Waals surface area contributed by atoms with Crippen LogP contribution in [0.4, 0.5) is 10.5 Å². The molecule has 0 saturated heterocycles. The first-order valence-electron chi connectivity index (χ1n) is 7.88. The number of carboxylic acids is 1. The minimum absolute atomic E-state index is 0.121. The van der Waals surface area contributed by atoms with Gasteiger partial charge in [-0.25, -0.2) is 9.59 Å². The summed E-state index contributed by atoms with van der Waals surface area (Å²) in [6.45, 7) is 0.181. The highest BCUT2D eigenvalue weighted by molar-refractivity contribution is 5.94. The number of carboxylic acid groups (broad SMARTS) is 1. The predicted molar refractivity (Wildman–Crippen MR) is 95.9 cm³/mol. The normalized spacial score (nSPS) is 10.3. The van der Waals surface area contributed by atoms with E-state index >= 15 is 0 Å². The first-order valence-corrected chi connectivity index (χ1v) is 7.88. The number of aryl methyl sites for hydroxylation is 1. The molecule has 0 aliphatic carbocycles. The molecule has 2 N–H and O–H groups in total. The molecule has 0 bridgehead atoms. The topological polar surface area (TPSA) is 93.5 Å². The molecule has 132 valence electrons. The first-order chi connectivity index (χ1) is 12.5. The zero-order chi connectivity index (χ0) is 18.5. The van der Waals surface area contributed by atoms with E-state index in [0.717, 1.165) is 5.56 Å². The summed E-state index contributed by atoms with van der Waals surface area (Å²) >= 11 is 0. The van der Waals surface area contributed by atoms with Crippen LogP contribution in [0.1, 0.15) is 15.9 Å². The number of aromatic carboxylic acids is 1. The lowest BCUT2D eigenvalue weighted by Gasteiger charge is -2.08. The van der Waals surface area contributed by atoms with Crippen molar-refractivity contribution in [1.29, 1.82) is 0 Å². The number of hydrogen-bond acceptors (Lipinski definition) is 4. The van der Waals surface area contributed by atoms with E-state index in [0.29, 0.717) is 16.9 Å². The summed E-state index contributed by atoms with van der Waals surface area (Å²) in [6, 6.07) is 16.1. The van der Waals surface area contributed by atoms with Gasteiger partial charge in [-0.1, -0.05) is 42.5 Å². The van der Waals surface area contributed by atoms with E-state index in [4.69, 9.17) is 4.74 Å². The van der Waals surface area contributed by atoms with E-state index < -0.39 is 12.1 Å². The average molecular weight is 351 g/mol. The van der Waals surface area contributed by atoms with Crippen LogP contribution in [0.25, 0.3) is 11.3 Å². The lowest BCUT2D eigenvalue weighted by Crippen LogP contribution is -2.13. The molecule has 7 nitrogen and oxygen atoms in total. The number of aromatic nitrogens is 2. The van der Waals surface area contributed by atoms with Crippen molar-refractivity contribution in [3.8, 4) is 11.3 Å². The number of carbonyl (C=O) groups is 2. The maximum Gasteiger partial charge on any atom is 0.411 e. The van der Waals surface area contributed by atoms with Gasteiger partial charge in [0.1, 0.15) is 17.9 Å². The maximum atomic E-state index is 11.9. The van der Waals surface area contributed by atoms with Crippen molar-refractivity contribution in [2.45, 2.75) is 6.61 Å². The zero-order valence-electron chi connectivity index (χ0n) is 14.0. The summed E-state index contributed by atoms with van der Waals surface area (Å²) in [5.41, 5.74) is 2.58. The molecule has 0 aliphatic heterocycles. The van der Waals surface area contributed by atoms with E-state index in [1.807, 2.05) is 30.3 Å². The van der Waals surface area contributed by atoms with Crippen LogP contribution in [0.2, 0.25) is 0 Å². The molecule has 1 aromatic heterocycles. The highest BCUT2D eigenvalue weighted by Crippen LogP contribution is 2.23. The number of anilines is 1. The molecular weight excluding hydrogens is 334 g/mol. The Labute approximate surface area is 149 Å². The van der Waals surface area contributed by atoms with Crippen LogP contribution in [0, 0.1) is 0 Å². The largest absolute Gasteiger partial charge is 0.478 e. The van der Waals surface area contributed by atoms with Crippen molar-refractivity contribution < 1.29 is 19.4 Å². The molecule has 0 saturated carbocycles. The Morgan fingerprint density at radius 3 is 2.46 bits per heavy atom. The molecule has 0 unspecified atom stereocenters. The van der Waals surface area contributed by atoms with Gasteiger partial charge in [0, 0.05) is 24.5 Å². The minimum Gasteiger partial charge on any atom is -0.478 e. The third-order valence-corrected chi connectivity index (χ3v) is 3.68. The first kappa shape index (κ1) is 17.2. The van der Waals surface area contributed by atoms with Gasteiger partial charge >= 0.3 is 12.1 Å². The number of benzene rings is 2. The summed E-state index contributed by atoms with van der Waals surface area (Å²) < 4.78 is 6.61. The fraction of sp³-hybridized carbons (Fsp3) is 0.105. The monoisotopic (exact) mass is 351 g/mol. The molecule has 0 fully saturated rings. The molecule has 0 spiro atoms. The summed E-state index contributed by atoms with van der Waals surface area (Å²) in [4.78, 5) is 23.1. The van der Waals surface area contributed by atoms with Gasteiger partial charge in [0.25, 0.3) is 0 Å². The number of rotatable bonds is 5. The van der Waals surface area contributed by atoms with Gasteiger partial charge < -0.3 is 9.84 Å². The van der Waals surface area contributed by atoms with E-state index in [9.17, 15) is 14.7 Å². The fourth-order valence-electron chi connectivity index (χ4n) is 2.45. The lowest BCUT2D eigenvalue weighted by molar-refractivity contribution is 0.0697. The molecule has 0 atom stereocenters. The molecule has 1 amide bonds. The Morgan fingerprint density at radius 1 is 1.12 bits per heavy atom. The summed E-state index contributed by atoms with van der Waals surface area (Å²) in [7, 11) is 1.66. The average Bonchev–Trinajstić information content (AvgIpc) is 3.04. The molecule has 26 heavy (non-hydrogen) atoms. The van der Waals surface area contributed by atoms with Crippen LogP contribution in [-0.2, 0) is 18.4 Å². The van der Waals surface area contributed by atoms with Gasteiger partial charge in [-0.05, 0) is 17.7 Å². The van der Waals surface area contributed by atoms with Crippen molar-refractivity contribution in [2.75, 3.05) is 5.32 Å². The molecular formula is C19H17N3O4. The quantitative estimate of drug-likeness (QED) is 0.733. The van der Waals surface area contributed by atoms with Gasteiger partial charge in [0.05, 0.1) is 0 Å². The molecule has 0 aliphatic rings. The Kier molecular flexibility index (Phi) is 4.98. The van der Waals surface area contributed by atoms with Gasteiger partial charge in [0.15, 0.2) is 0 Å². The number of nitrogens with one attached hydrogen (secondary N) is 1. The minimum atomic E-state index is -1.04. The summed E-state index contributed by atoms with van der Waals surface area (Å²) in [5, 5.41) is 16.0. The van der Waals surface area contributed by atoms with Gasteiger partial charge in [0.2, 0.25) is 0 Å².